The Kier molecular flexibility index (Phi) is 6.48. The van der Waals surface area contributed by atoms with Crippen molar-refractivity contribution in [3.63, 3.8) is 0 Å². The molecule has 0 saturated heterocycles. The second-order valence-electron chi connectivity index (χ2n) is 12.6. The molecular formula is C29H44O4. The van der Waals surface area contributed by atoms with Crippen LogP contribution in [0, 0.1) is 40.4 Å². The van der Waals surface area contributed by atoms with E-state index in [1.54, 1.807) is 6.08 Å². The third-order valence-electron chi connectivity index (χ3n) is 10.2. The van der Waals surface area contributed by atoms with E-state index in [0.717, 1.165) is 44.9 Å². The Morgan fingerprint density at radius 1 is 1.18 bits per heavy atom. The standard InChI is InChI=1S/C29H44O4/c1-18(2)7-12-26(33-19(3)30)29(6,32)25-11-10-23-22-9-8-20-17-21(31)13-15-27(20,4)24(22)14-16-28(23,25)5/h13,15,17-18,22-26,32H,7-12,14,16H2,1-6H3. The van der Waals surface area contributed by atoms with Crippen molar-refractivity contribution in [1.82, 2.24) is 0 Å². The van der Waals surface area contributed by atoms with Gasteiger partial charge in [-0.1, -0.05) is 39.3 Å². The van der Waals surface area contributed by atoms with Crippen molar-refractivity contribution in [3.8, 4) is 0 Å². The van der Waals surface area contributed by atoms with Crippen LogP contribution >= 0.6 is 0 Å². The highest BCUT2D eigenvalue weighted by molar-refractivity contribution is 6.01. The summed E-state index contributed by atoms with van der Waals surface area (Å²) in [5.41, 5.74) is 0.339. The van der Waals surface area contributed by atoms with E-state index in [2.05, 4.69) is 33.8 Å². The van der Waals surface area contributed by atoms with Gasteiger partial charge in [-0.05, 0) is 105 Å². The molecule has 0 amide bonds. The fraction of sp³-hybridized carbons (Fsp3) is 0.793. The lowest BCUT2D eigenvalue weighted by Gasteiger charge is -2.58. The smallest absolute Gasteiger partial charge is 0.303 e. The van der Waals surface area contributed by atoms with Crippen molar-refractivity contribution in [2.75, 3.05) is 0 Å². The maximum absolute atomic E-state index is 12.0. The van der Waals surface area contributed by atoms with E-state index in [-0.39, 0.29) is 28.5 Å². The van der Waals surface area contributed by atoms with Crippen molar-refractivity contribution in [2.24, 2.45) is 40.4 Å². The zero-order chi connectivity index (χ0) is 24.2. The molecule has 0 aromatic rings. The highest BCUT2D eigenvalue weighted by Crippen LogP contribution is 2.67. The van der Waals surface area contributed by atoms with Gasteiger partial charge in [0, 0.05) is 12.3 Å². The molecule has 4 aliphatic rings. The zero-order valence-corrected chi connectivity index (χ0v) is 21.5. The van der Waals surface area contributed by atoms with Crippen LogP contribution in [0.3, 0.4) is 0 Å². The van der Waals surface area contributed by atoms with Crippen LogP contribution in [0.25, 0.3) is 0 Å². The molecule has 8 unspecified atom stereocenters. The van der Waals surface area contributed by atoms with Crippen molar-refractivity contribution in [2.45, 2.75) is 105 Å². The minimum atomic E-state index is -1.03. The number of aliphatic hydroxyl groups is 1. The number of hydrogen-bond donors (Lipinski definition) is 1. The van der Waals surface area contributed by atoms with E-state index in [4.69, 9.17) is 4.74 Å². The molecule has 4 rings (SSSR count). The van der Waals surface area contributed by atoms with E-state index in [1.165, 1.54) is 12.5 Å². The van der Waals surface area contributed by atoms with Crippen molar-refractivity contribution in [1.29, 1.82) is 0 Å². The number of fused-ring (bicyclic) bond motifs is 5. The van der Waals surface area contributed by atoms with Crippen LogP contribution in [0.4, 0.5) is 0 Å². The first-order chi connectivity index (χ1) is 15.4. The first kappa shape index (κ1) is 24.7. The molecule has 184 valence electrons. The quantitative estimate of drug-likeness (QED) is 0.496. The Balaban J connectivity index is 1.59. The lowest BCUT2D eigenvalue weighted by Crippen LogP contribution is -2.56. The SMILES string of the molecule is CC(=O)OC(CCC(C)C)C(C)(O)C1CCC2C3CCC4=CC(=O)C=CC4(C)C3CCC21C. The Morgan fingerprint density at radius 3 is 2.58 bits per heavy atom. The van der Waals surface area contributed by atoms with E-state index in [1.807, 2.05) is 13.0 Å². The summed E-state index contributed by atoms with van der Waals surface area (Å²) in [6.07, 6.45) is 13.5. The molecule has 3 fully saturated rings. The van der Waals surface area contributed by atoms with Gasteiger partial charge in [-0.25, -0.2) is 0 Å². The van der Waals surface area contributed by atoms with Gasteiger partial charge in [-0.3, -0.25) is 9.59 Å². The second kappa shape index (κ2) is 8.66. The average molecular weight is 457 g/mol. The van der Waals surface area contributed by atoms with Crippen LogP contribution < -0.4 is 0 Å². The fourth-order valence-electron chi connectivity index (χ4n) is 8.54. The van der Waals surface area contributed by atoms with Gasteiger partial charge in [0.05, 0.1) is 0 Å². The van der Waals surface area contributed by atoms with Gasteiger partial charge in [0.2, 0.25) is 0 Å². The van der Waals surface area contributed by atoms with Gasteiger partial charge in [0.25, 0.3) is 0 Å². The molecule has 4 nitrogen and oxygen atoms in total. The number of allylic oxidation sites excluding steroid dienone is 4. The third kappa shape index (κ3) is 4.15. The minimum absolute atomic E-state index is 0.00367. The van der Waals surface area contributed by atoms with E-state index in [9.17, 15) is 14.7 Å². The molecule has 0 spiro atoms. The Hall–Kier alpha value is -1.42. The van der Waals surface area contributed by atoms with E-state index >= 15 is 0 Å². The summed E-state index contributed by atoms with van der Waals surface area (Å²) in [7, 11) is 0. The largest absolute Gasteiger partial charge is 0.459 e. The number of ether oxygens (including phenoxy) is 1. The van der Waals surface area contributed by atoms with Gasteiger partial charge in [-0.2, -0.15) is 0 Å². The molecule has 0 aliphatic heterocycles. The van der Waals surface area contributed by atoms with Gasteiger partial charge < -0.3 is 9.84 Å². The molecule has 4 heteroatoms. The predicted molar refractivity (Wildman–Crippen MR) is 130 cm³/mol. The summed E-state index contributed by atoms with van der Waals surface area (Å²) < 4.78 is 5.77. The lowest BCUT2D eigenvalue weighted by atomic mass is 9.47. The lowest BCUT2D eigenvalue weighted by molar-refractivity contribution is -0.182. The van der Waals surface area contributed by atoms with E-state index in [0.29, 0.717) is 30.1 Å². The van der Waals surface area contributed by atoms with Gasteiger partial charge >= 0.3 is 5.97 Å². The van der Waals surface area contributed by atoms with Crippen molar-refractivity contribution >= 4 is 11.8 Å². The van der Waals surface area contributed by atoms with Crippen LogP contribution in [-0.2, 0) is 14.3 Å². The molecular weight excluding hydrogens is 412 g/mol. The second-order valence-corrected chi connectivity index (χ2v) is 12.6. The molecule has 4 aliphatic carbocycles. The summed E-state index contributed by atoms with van der Waals surface area (Å²) in [5, 5.41) is 12.0. The molecule has 0 aromatic carbocycles. The molecule has 1 N–H and O–H groups in total. The normalized spacial score (nSPS) is 40.4. The van der Waals surface area contributed by atoms with Crippen LogP contribution in [-0.4, -0.2) is 28.6 Å². The number of ketones is 1. The number of hydrogen-bond acceptors (Lipinski definition) is 4. The Labute approximate surface area is 200 Å². The summed E-state index contributed by atoms with van der Waals surface area (Å²) in [6, 6.07) is 0. The first-order valence-electron chi connectivity index (χ1n) is 13.2. The zero-order valence-electron chi connectivity index (χ0n) is 21.5. The van der Waals surface area contributed by atoms with Gasteiger partial charge in [0.1, 0.15) is 11.7 Å². The monoisotopic (exact) mass is 456 g/mol. The van der Waals surface area contributed by atoms with E-state index < -0.39 is 11.7 Å². The minimum Gasteiger partial charge on any atom is -0.459 e. The predicted octanol–water partition coefficient (Wildman–Crippen LogP) is 6.03. The molecule has 8 atom stereocenters. The summed E-state index contributed by atoms with van der Waals surface area (Å²) in [4.78, 5) is 24.0. The summed E-state index contributed by atoms with van der Waals surface area (Å²) in [6.45, 7) is 12.5. The van der Waals surface area contributed by atoms with Crippen molar-refractivity contribution in [3.05, 3.63) is 23.8 Å². The highest BCUT2D eigenvalue weighted by Gasteiger charge is 2.62. The number of carbonyl (C=O) groups is 2. The number of carbonyl (C=O) groups excluding carboxylic acids is 2. The molecule has 0 bridgehead atoms. The molecule has 33 heavy (non-hydrogen) atoms. The van der Waals surface area contributed by atoms with Gasteiger partial charge in [0.15, 0.2) is 5.78 Å². The molecule has 0 heterocycles. The van der Waals surface area contributed by atoms with Gasteiger partial charge in [-0.15, -0.1) is 0 Å². The van der Waals surface area contributed by atoms with Crippen LogP contribution in [0.1, 0.15) is 92.9 Å². The first-order valence-corrected chi connectivity index (χ1v) is 13.2. The maximum atomic E-state index is 12.0. The highest BCUT2D eigenvalue weighted by atomic mass is 16.6. The molecule has 0 radical (unpaired) electrons. The fourth-order valence-corrected chi connectivity index (χ4v) is 8.54. The van der Waals surface area contributed by atoms with Crippen LogP contribution in [0.2, 0.25) is 0 Å². The average Bonchev–Trinajstić information content (AvgIpc) is 3.09. The van der Waals surface area contributed by atoms with Crippen molar-refractivity contribution < 1.29 is 19.4 Å². The molecule has 0 aromatic heterocycles. The molecule has 3 saturated carbocycles. The maximum Gasteiger partial charge on any atom is 0.303 e. The van der Waals surface area contributed by atoms with Crippen LogP contribution in [0.15, 0.2) is 23.8 Å². The number of rotatable bonds is 6. The summed E-state index contributed by atoms with van der Waals surface area (Å²) in [5.74, 6) is 2.21. The van der Waals surface area contributed by atoms with Crippen LogP contribution in [0.5, 0.6) is 0 Å². The number of esters is 1. The topological polar surface area (TPSA) is 63.6 Å². The summed E-state index contributed by atoms with van der Waals surface area (Å²) >= 11 is 0. The Morgan fingerprint density at radius 2 is 1.91 bits per heavy atom. The third-order valence-corrected chi connectivity index (χ3v) is 10.2. The Bertz CT molecular complexity index is 852.